The van der Waals surface area contributed by atoms with Crippen LogP contribution >= 0.6 is 11.3 Å². The highest BCUT2D eigenvalue weighted by Crippen LogP contribution is 2.31. The van der Waals surface area contributed by atoms with E-state index in [1.807, 2.05) is 22.4 Å². The van der Waals surface area contributed by atoms with Crippen molar-refractivity contribution in [2.75, 3.05) is 33.0 Å². The fourth-order valence-electron chi connectivity index (χ4n) is 3.39. The summed E-state index contributed by atoms with van der Waals surface area (Å²) in [6.07, 6.45) is 1.38. The number of carbonyl (C=O) groups is 3. The summed E-state index contributed by atoms with van der Waals surface area (Å²) < 4.78 is 11.4. The minimum Gasteiger partial charge on any atom is -0.347 e. The third kappa shape index (κ3) is 3.08. The molecule has 0 N–H and O–H groups in total. The van der Waals surface area contributed by atoms with Crippen molar-refractivity contribution in [2.45, 2.75) is 25.2 Å². The maximum atomic E-state index is 12.5. The van der Waals surface area contributed by atoms with Crippen LogP contribution in [0.1, 0.15) is 17.7 Å². The van der Waals surface area contributed by atoms with E-state index in [2.05, 4.69) is 0 Å². The first-order valence-corrected chi connectivity index (χ1v) is 9.16. The Morgan fingerprint density at radius 1 is 1.04 bits per heavy atom. The second-order valence-corrected chi connectivity index (χ2v) is 7.39. The van der Waals surface area contributed by atoms with Crippen molar-refractivity contribution in [3.05, 3.63) is 22.4 Å². The zero-order chi connectivity index (χ0) is 17.4. The Balaban J connectivity index is 1.38. The normalized spacial score (nSPS) is 24.1. The maximum Gasteiger partial charge on any atom is 0.335 e. The average Bonchev–Trinajstić information content (AvgIpc) is 3.33. The molecule has 3 saturated heterocycles. The lowest BCUT2D eigenvalue weighted by molar-refractivity contribution is -0.186. The van der Waals surface area contributed by atoms with Crippen molar-refractivity contribution >= 4 is 29.2 Å². The average molecular weight is 365 g/mol. The molecule has 1 spiro atoms. The number of piperidine rings is 1. The van der Waals surface area contributed by atoms with Gasteiger partial charge in [-0.05, 0) is 11.4 Å². The molecule has 4 heterocycles. The van der Waals surface area contributed by atoms with Crippen LogP contribution in [-0.4, -0.2) is 71.3 Å². The molecule has 134 valence electrons. The topological polar surface area (TPSA) is 79.4 Å². The highest BCUT2D eigenvalue weighted by Gasteiger charge is 2.46. The lowest BCUT2D eigenvalue weighted by atomic mass is 10.0. The number of rotatable bonds is 4. The van der Waals surface area contributed by atoms with Gasteiger partial charge in [-0.2, -0.15) is 0 Å². The van der Waals surface area contributed by atoms with Crippen molar-refractivity contribution in [1.29, 1.82) is 0 Å². The fraction of sp³-hybridized carbons (Fsp3) is 0.562. The quantitative estimate of drug-likeness (QED) is 0.581. The fourth-order valence-corrected chi connectivity index (χ4v) is 4.09. The molecule has 3 fully saturated rings. The summed E-state index contributed by atoms with van der Waals surface area (Å²) in [4.78, 5) is 41.8. The number of hydrogen-bond donors (Lipinski definition) is 0. The molecule has 1 aromatic rings. The van der Waals surface area contributed by atoms with E-state index >= 15 is 0 Å². The smallest absolute Gasteiger partial charge is 0.335 e. The number of thiophene rings is 1. The van der Waals surface area contributed by atoms with Crippen LogP contribution < -0.4 is 0 Å². The number of likely N-dealkylation sites (tertiary alicyclic amines) is 1. The number of imide groups is 2. The van der Waals surface area contributed by atoms with E-state index in [-0.39, 0.29) is 13.2 Å². The lowest BCUT2D eigenvalue weighted by Gasteiger charge is -2.38. The Labute approximate surface area is 148 Å². The van der Waals surface area contributed by atoms with Gasteiger partial charge in [0, 0.05) is 30.8 Å². The lowest BCUT2D eigenvalue weighted by Crippen LogP contribution is -2.50. The van der Waals surface area contributed by atoms with Gasteiger partial charge in [0.2, 0.25) is 0 Å². The van der Waals surface area contributed by atoms with Crippen molar-refractivity contribution in [3.8, 4) is 0 Å². The van der Waals surface area contributed by atoms with Crippen molar-refractivity contribution < 1.29 is 23.9 Å². The molecule has 0 atom stereocenters. The van der Waals surface area contributed by atoms with E-state index in [9.17, 15) is 14.4 Å². The number of amides is 4. The molecular weight excluding hydrogens is 346 g/mol. The molecule has 1 aromatic heterocycles. The largest absolute Gasteiger partial charge is 0.347 e. The summed E-state index contributed by atoms with van der Waals surface area (Å²) in [5.74, 6) is -2.01. The number of urea groups is 1. The highest BCUT2D eigenvalue weighted by atomic mass is 32.1. The summed E-state index contributed by atoms with van der Waals surface area (Å²) >= 11 is 1.45. The number of carbonyl (C=O) groups excluding carboxylic acids is 3. The summed E-state index contributed by atoms with van der Waals surface area (Å²) in [6.45, 7) is 2.78. The third-order valence-corrected chi connectivity index (χ3v) is 5.66. The van der Waals surface area contributed by atoms with Crippen LogP contribution in [0.25, 0.3) is 0 Å². The SMILES string of the molecule is O=C1C(=O)N(CN2CCC3(CC2)OCCO3)C(=O)N1Cc1cccs1. The van der Waals surface area contributed by atoms with Gasteiger partial charge in [0.05, 0.1) is 26.4 Å². The predicted molar refractivity (Wildman–Crippen MR) is 87.4 cm³/mol. The molecule has 0 radical (unpaired) electrons. The molecule has 4 rings (SSSR count). The molecule has 4 amide bonds. The molecule has 8 nitrogen and oxygen atoms in total. The van der Waals surface area contributed by atoms with Crippen LogP contribution in [0.15, 0.2) is 17.5 Å². The van der Waals surface area contributed by atoms with Crippen LogP contribution in [-0.2, 0) is 25.6 Å². The number of nitrogens with zero attached hydrogens (tertiary/aromatic N) is 3. The molecule has 3 aliphatic heterocycles. The van der Waals surface area contributed by atoms with Gasteiger partial charge in [0.25, 0.3) is 0 Å². The summed E-state index contributed by atoms with van der Waals surface area (Å²) in [6, 6.07) is 3.14. The van der Waals surface area contributed by atoms with E-state index in [0.29, 0.717) is 39.1 Å². The first kappa shape index (κ1) is 16.6. The molecule has 0 bridgehead atoms. The highest BCUT2D eigenvalue weighted by molar-refractivity contribution is 7.09. The number of hydrogen-bond acceptors (Lipinski definition) is 7. The monoisotopic (exact) mass is 365 g/mol. The van der Waals surface area contributed by atoms with Gasteiger partial charge in [-0.25, -0.2) is 9.69 Å². The van der Waals surface area contributed by atoms with E-state index in [1.54, 1.807) is 0 Å². The van der Waals surface area contributed by atoms with Gasteiger partial charge < -0.3 is 9.47 Å². The second kappa shape index (κ2) is 6.49. The maximum absolute atomic E-state index is 12.5. The Hall–Kier alpha value is -1.81. The molecule has 0 aliphatic carbocycles. The van der Waals surface area contributed by atoms with Crippen molar-refractivity contribution in [1.82, 2.24) is 14.7 Å². The van der Waals surface area contributed by atoms with Gasteiger partial charge in [-0.3, -0.25) is 19.4 Å². The van der Waals surface area contributed by atoms with Crippen LogP contribution in [0.5, 0.6) is 0 Å². The van der Waals surface area contributed by atoms with Gasteiger partial charge in [0.1, 0.15) is 0 Å². The summed E-state index contributed by atoms with van der Waals surface area (Å²) in [5, 5.41) is 1.87. The van der Waals surface area contributed by atoms with Gasteiger partial charge in [-0.1, -0.05) is 6.07 Å². The zero-order valence-electron chi connectivity index (χ0n) is 13.7. The molecule has 25 heavy (non-hydrogen) atoms. The minimum atomic E-state index is -0.755. The van der Waals surface area contributed by atoms with Gasteiger partial charge in [-0.15, -0.1) is 11.3 Å². The molecule has 9 heteroatoms. The molecule has 0 unspecified atom stereocenters. The Morgan fingerprint density at radius 2 is 1.72 bits per heavy atom. The molecule has 0 saturated carbocycles. The van der Waals surface area contributed by atoms with Crippen LogP contribution in [0.3, 0.4) is 0 Å². The van der Waals surface area contributed by atoms with Crippen LogP contribution in [0.2, 0.25) is 0 Å². The van der Waals surface area contributed by atoms with E-state index in [0.717, 1.165) is 14.7 Å². The molecule has 3 aliphatic rings. The standard InChI is InChI=1S/C16H19N3O5S/c20-13-14(21)19(15(22)18(13)10-12-2-1-9-25-12)11-17-5-3-16(4-6-17)23-7-8-24-16/h1-2,9H,3-8,10-11H2. The Morgan fingerprint density at radius 3 is 2.36 bits per heavy atom. The number of ether oxygens (including phenoxy) is 2. The van der Waals surface area contributed by atoms with Crippen molar-refractivity contribution in [2.24, 2.45) is 0 Å². The Kier molecular flexibility index (Phi) is 4.32. The summed E-state index contributed by atoms with van der Waals surface area (Å²) in [7, 11) is 0. The van der Waals surface area contributed by atoms with Gasteiger partial charge >= 0.3 is 17.8 Å². The molecule has 0 aromatic carbocycles. The van der Waals surface area contributed by atoms with Crippen LogP contribution in [0, 0.1) is 0 Å². The second-order valence-electron chi connectivity index (χ2n) is 6.35. The van der Waals surface area contributed by atoms with Crippen LogP contribution in [0.4, 0.5) is 4.79 Å². The Bertz CT molecular complexity index is 676. The van der Waals surface area contributed by atoms with E-state index < -0.39 is 23.6 Å². The zero-order valence-corrected chi connectivity index (χ0v) is 14.5. The predicted octanol–water partition coefficient (Wildman–Crippen LogP) is 0.835. The first-order chi connectivity index (χ1) is 12.1. The van der Waals surface area contributed by atoms with Crippen molar-refractivity contribution in [3.63, 3.8) is 0 Å². The van der Waals surface area contributed by atoms with E-state index in [1.165, 1.54) is 11.3 Å². The minimum absolute atomic E-state index is 0.125. The van der Waals surface area contributed by atoms with Gasteiger partial charge in [0.15, 0.2) is 5.79 Å². The first-order valence-electron chi connectivity index (χ1n) is 8.28. The molecular formula is C16H19N3O5S. The van der Waals surface area contributed by atoms with E-state index in [4.69, 9.17) is 9.47 Å². The summed E-state index contributed by atoms with van der Waals surface area (Å²) in [5.41, 5.74) is 0. The third-order valence-electron chi connectivity index (χ3n) is 4.80.